The Morgan fingerprint density at radius 3 is 2.56 bits per heavy atom. The summed E-state index contributed by atoms with van der Waals surface area (Å²) in [7, 11) is 0. The second-order valence-corrected chi connectivity index (χ2v) is 14.5. The van der Waals surface area contributed by atoms with Gasteiger partial charge in [-0.3, -0.25) is 43.9 Å². The highest BCUT2D eigenvalue weighted by molar-refractivity contribution is 6.25. The van der Waals surface area contributed by atoms with E-state index < -0.39 is 35.8 Å². The molecule has 0 aliphatic carbocycles. The fourth-order valence-corrected chi connectivity index (χ4v) is 7.71. The van der Waals surface area contributed by atoms with Gasteiger partial charge in [-0.05, 0) is 54.5 Å². The molecule has 3 aromatic rings. The van der Waals surface area contributed by atoms with Crippen molar-refractivity contribution in [3.8, 4) is 0 Å². The van der Waals surface area contributed by atoms with Gasteiger partial charge in [-0.1, -0.05) is 30.3 Å². The van der Waals surface area contributed by atoms with Crippen LogP contribution in [0.25, 0.3) is 0 Å². The van der Waals surface area contributed by atoms with Gasteiger partial charge < -0.3 is 26.0 Å². The first-order valence-electron chi connectivity index (χ1n) is 18.8. The highest BCUT2D eigenvalue weighted by atomic mass is 16.3. The monoisotopic (exact) mass is 751 g/mol. The number of hydrogen-bond acceptors (Lipinski definition) is 12. The van der Waals surface area contributed by atoms with Crippen molar-refractivity contribution in [2.24, 2.45) is 5.92 Å². The van der Waals surface area contributed by atoms with E-state index in [-0.39, 0.29) is 61.0 Å². The topological polar surface area (TPSA) is 206 Å². The summed E-state index contributed by atoms with van der Waals surface area (Å²) in [5, 5.41) is 21.6. The number of carbonyl (C=O) groups is 6. The number of aliphatic hydroxyl groups excluding tert-OH is 1. The minimum Gasteiger partial charge on any atom is -0.390 e. The molecule has 2 fully saturated rings. The number of hydrogen-bond donors (Lipinski definition) is 5. The molecule has 4 aliphatic rings. The average molecular weight is 752 g/mol. The van der Waals surface area contributed by atoms with Crippen LogP contribution >= 0.6 is 0 Å². The van der Waals surface area contributed by atoms with Crippen molar-refractivity contribution in [3.63, 3.8) is 0 Å². The molecule has 16 nitrogen and oxygen atoms in total. The number of amides is 6. The van der Waals surface area contributed by atoms with Gasteiger partial charge in [0.1, 0.15) is 18.1 Å². The van der Waals surface area contributed by atoms with Crippen LogP contribution in [0.1, 0.15) is 67.3 Å². The summed E-state index contributed by atoms with van der Waals surface area (Å²) in [6.07, 6.45) is 2.59. The number of anilines is 1. The van der Waals surface area contributed by atoms with Crippen LogP contribution < -0.4 is 21.3 Å². The smallest absolute Gasteiger partial charge is 0.270 e. The molecule has 55 heavy (non-hydrogen) atoms. The SMILES string of the molecule is O=C(CCNc1cccc2c1C(=O)N(C1CCC(=O)NC1=O)C2=O)NCCN1CC(Cc2cc(C(=O)NC[C@H](O)CN3CCc4ccccc4C3)ncn2)C1. The van der Waals surface area contributed by atoms with Gasteiger partial charge in [0.05, 0.1) is 17.2 Å². The fourth-order valence-electron chi connectivity index (χ4n) is 7.71. The maximum atomic E-state index is 13.3. The summed E-state index contributed by atoms with van der Waals surface area (Å²) in [5.41, 5.74) is 4.39. The van der Waals surface area contributed by atoms with E-state index in [9.17, 15) is 33.9 Å². The van der Waals surface area contributed by atoms with E-state index in [0.717, 1.165) is 43.2 Å². The van der Waals surface area contributed by atoms with Crippen molar-refractivity contribution in [1.29, 1.82) is 0 Å². The molecule has 4 aliphatic heterocycles. The van der Waals surface area contributed by atoms with E-state index in [1.165, 1.54) is 23.5 Å². The van der Waals surface area contributed by atoms with Gasteiger partial charge in [0.15, 0.2) is 0 Å². The molecule has 1 unspecified atom stereocenters. The molecule has 16 heteroatoms. The molecule has 0 saturated carbocycles. The van der Waals surface area contributed by atoms with Crippen molar-refractivity contribution in [2.45, 2.75) is 50.8 Å². The van der Waals surface area contributed by atoms with Crippen molar-refractivity contribution < 1.29 is 33.9 Å². The quantitative estimate of drug-likeness (QED) is 0.131. The van der Waals surface area contributed by atoms with Crippen LogP contribution in [0.5, 0.6) is 0 Å². The van der Waals surface area contributed by atoms with Crippen molar-refractivity contribution in [2.75, 3.05) is 57.7 Å². The zero-order valence-electron chi connectivity index (χ0n) is 30.5. The van der Waals surface area contributed by atoms with Crippen LogP contribution in [-0.2, 0) is 33.8 Å². The minimum atomic E-state index is -1.05. The first-order valence-corrected chi connectivity index (χ1v) is 18.8. The molecule has 5 heterocycles. The molecule has 0 spiro atoms. The lowest BCUT2D eigenvalue weighted by Gasteiger charge is -2.39. The highest BCUT2D eigenvalue weighted by Crippen LogP contribution is 2.32. The summed E-state index contributed by atoms with van der Waals surface area (Å²) in [6, 6.07) is 13.8. The van der Waals surface area contributed by atoms with Crippen LogP contribution in [0.15, 0.2) is 54.9 Å². The highest BCUT2D eigenvalue weighted by Gasteiger charge is 2.45. The maximum Gasteiger partial charge on any atom is 0.270 e. The van der Waals surface area contributed by atoms with Gasteiger partial charge in [0, 0.05) is 83.1 Å². The predicted molar refractivity (Wildman–Crippen MR) is 199 cm³/mol. The largest absolute Gasteiger partial charge is 0.390 e. The number of nitrogens with zero attached hydrogens (tertiary/aromatic N) is 5. The van der Waals surface area contributed by atoms with Gasteiger partial charge in [-0.25, -0.2) is 9.97 Å². The molecular weight excluding hydrogens is 706 g/mol. The normalized spacial score (nSPS) is 19.3. The molecular formula is C39H45N9O7. The summed E-state index contributed by atoms with van der Waals surface area (Å²) in [4.78, 5) is 89.5. The van der Waals surface area contributed by atoms with E-state index in [0.29, 0.717) is 37.7 Å². The average Bonchev–Trinajstić information content (AvgIpc) is 3.42. The Morgan fingerprint density at radius 2 is 1.75 bits per heavy atom. The number of likely N-dealkylation sites (tertiary alicyclic amines) is 1. The van der Waals surface area contributed by atoms with Crippen LogP contribution in [-0.4, -0.2) is 130 Å². The van der Waals surface area contributed by atoms with Crippen molar-refractivity contribution in [1.82, 2.24) is 40.6 Å². The summed E-state index contributed by atoms with van der Waals surface area (Å²) >= 11 is 0. The fraction of sp³-hybridized carbons (Fsp3) is 0.436. The van der Waals surface area contributed by atoms with Crippen LogP contribution in [0.4, 0.5) is 5.69 Å². The van der Waals surface area contributed by atoms with E-state index in [1.54, 1.807) is 18.2 Å². The molecule has 2 atom stereocenters. The third-order valence-electron chi connectivity index (χ3n) is 10.5. The lowest BCUT2D eigenvalue weighted by atomic mass is 9.94. The van der Waals surface area contributed by atoms with Gasteiger partial charge in [0.2, 0.25) is 17.7 Å². The second-order valence-electron chi connectivity index (χ2n) is 14.5. The number of aliphatic hydroxyl groups is 1. The Bertz CT molecular complexity index is 1980. The lowest BCUT2D eigenvalue weighted by Crippen LogP contribution is -2.54. The zero-order chi connectivity index (χ0) is 38.5. The molecule has 288 valence electrons. The van der Waals surface area contributed by atoms with E-state index in [2.05, 4.69) is 53.2 Å². The van der Waals surface area contributed by atoms with Crippen LogP contribution in [0.2, 0.25) is 0 Å². The molecule has 5 N–H and O–H groups in total. The summed E-state index contributed by atoms with van der Waals surface area (Å²) in [5.74, 6) is -2.46. The van der Waals surface area contributed by atoms with E-state index in [4.69, 9.17) is 0 Å². The number of piperidine rings is 1. The van der Waals surface area contributed by atoms with Gasteiger partial charge in [-0.2, -0.15) is 0 Å². The number of benzene rings is 2. The molecule has 6 amide bonds. The Labute approximate surface area is 318 Å². The molecule has 0 bridgehead atoms. The van der Waals surface area contributed by atoms with Crippen LogP contribution in [0, 0.1) is 5.92 Å². The maximum absolute atomic E-state index is 13.3. The van der Waals surface area contributed by atoms with E-state index >= 15 is 0 Å². The molecule has 0 radical (unpaired) electrons. The third kappa shape index (κ3) is 8.88. The number of β-amino-alcohol motifs (C(OH)–C–C–N with tert-alkyl or cyclic N) is 1. The lowest BCUT2D eigenvalue weighted by molar-refractivity contribution is -0.136. The zero-order valence-corrected chi connectivity index (χ0v) is 30.5. The number of carbonyl (C=O) groups excluding carboxylic acids is 6. The number of fused-ring (bicyclic) bond motifs is 2. The van der Waals surface area contributed by atoms with Crippen molar-refractivity contribution in [3.05, 3.63) is 88.5 Å². The number of aromatic nitrogens is 2. The third-order valence-corrected chi connectivity index (χ3v) is 10.5. The summed E-state index contributed by atoms with van der Waals surface area (Å²) in [6.45, 7) is 5.29. The first-order chi connectivity index (χ1) is 26.6. The minimum absolute atomic E-state index is 0.0395. The Hall–Kier alpha value is -5.58. The van der Waals surface area contributed by atoms with Gasteiger partial charge >= 0.3 is 0 Å². The molecule has 2 saturated heterocycles. The predicted octanol–water partition coefficient (Wildman–Crippen LogP) is 0.120. The van der Waals surface area contributed by atoms with Crippen LogP contribution in [0.3, 0.4) is 0 Å². The standard InChI is InChI=1S/C39H45N9O7/c49-28(22-46-14-11-25-4-1-2-5-26(25)21-46)18-42-36(52)31-17-27(43-23-44-31)16-24-19-47(20-24)15-13-41-33(50)10-12-40-30-7-3-6-29-35(30)39(55)48(38(29)54)32-8-9-34(51)45-37(32)53/h1-7,17,23-24,28,32,40,49H,8-16,18-22H2,(H,41,50)(H,42,52)(H,45,51,53)/t28-,32?/m0/s1. The molecule has 2 aromatic carbocycles. The second kappa shape index (κ2) is 16.8. The Kier molecular flexibility index (Phi) is 11.5. The molecule has 1 aromatic heterocycles. The Balaban J connectivity index is 0.777. The summed E-state index contributed by atoms with van der Waals surface area (Å²) < 4.78 is 0. The first kappa shape index (κ1) is 37.7. The van der Waals surface area contributed by atoms with E-state index in [1.807, 2.05) is 12.1 Å². The number of nitrogens with one attached hydrogen (secondary N) is 4. The number of imide groups is 2. The molecule has 7 rings (SSSR count). The Morgan fingerprint density at radius 1 is 0.927 bits per heavy atom. The van der Waals surface area contributed by atoms with Gasteiger partial charge in [-0.15, -0.1) is 0 Å². The number of rotatable bonds is 15. The van der Waals surface area contributed by atoms with Crippen molar-refractivity contribution >= 4 is 41.1 Å². The van der Waals surface area contributed by atoms with Gasteiger partial charge in [0.25, 0.3) is 17.7 Å².